The molecule has 2 unspecified atom stereocenters. The highest BCUT2D eigenvalue weighted by Gasteiger charge is 2.37. The van der Waals surface area contributed by atoms with Gasteiger partial charge in [-0.05, 0) is 43.9 Å². The molecule has 22 heavy (non-hydrogen) atoms. The Morgan fingerprint density at radius 2 is 1.73 bits per heavy atom. The van der Waals surface area contributed by atoms with Gasteiger partial charge in [0.05, 0.1) is 16.1 Å². The highest BCUT2D eigenvalue weighted by atomic mass is 35.5. The number of aliphatic hydroxyl groups is 1. The summed E-state index contributed by atoms with van der Waals surface area (Å²) in [5, 5.41) is 13.7. The molecule has 2 aliphatic rings. The van der Waals surface area contributed by atoms with Gasteiger partial charge in [-0.2, -0.15) is 0 Å². The van der Waals surface area contributed by atoms with Crippen molar-refractivity contribution in [2.75, 3.05) is 0 Å². The van der Waals surface area contributed by atoms with Crippen molar-refractivity contribution in [2.45, 2.75) is 44.8 Å². The molecule has 1 heterocycles. The summed E-state index contributed by atoms with van der Waals surface area (Å²) in [7, 11) is 0. The van der Waals surface area contributed by atoms with Crippen LogP contribution in [0.2, 0.25) is 10.0 Å². The van der Waals surface area contributed by atoms with Crippen LogP contribution in [0.3, 0.4) is 0 Å². The first-order chi connectivity index (χ1) is 10.5. The van der Waals surface area contributed by atoms with E-state index in [9.17, 15) is 9.90 Å². The Morgan fingerprint density at radius 3 is 2.32 bits per heavy atom. The van der Waals surface area contributed by atoms with E-state index in [0.717, 1.165) is 32.1 Å². The minimum Gasteiger partial charge on any atom is -0.393 e. The van der Waals surface area contributed by atoms with Crippen molar-refractivity contribution in [3.05, 3.63) is 28.0 Å². The number of hydrogen-bond acceptors (Lipinski definition) is 3. The molecule has 0 radical (unpaired) electrons. The molecule has 4 nitrogen and oxygen atoms in total. The van der Waals surface area contributed by atoms with Crippen LogP contribution in [0.5, 0.6) is 0 Å². The summed E-state index contributed by atoms with van der Waals surface area (Å²) < 4.78 is 0. The first-order valence-electron chi connectivity index (χ1n) is 7.76. The molecule has 2 fully saturated rings. The van der Waals surface area contributed by atoms with Crippen LogP contribution in [0.15, 0.2) is 12.4 Å². The van der Waals surface area contributed by atoms with Gasteiger partial charge in [-0.15, -0.1) is 0 Å². The number of aromatic nitrogens is 1. The lowest BCUT2D eigenvalue weighted by molar-refractivity contribution is -0.128. The lowest BCUT2D eigenvalue weighted by Gasteiger charge is -2.40. The third-order valence-electron chi connectivity index (χ3n) is 4.88. The van der Waals surface area contributed by atoms with Gasteiger partial charge >= 0.3 is 0 Å². The van der Waals surface area contributed by atoms with Gasteiger partial charge in [0.15, 0.2) is 0 Å². The molecular weight excluding hydrogens is 323 g/mol. The number of amides is 1. The molecule has 0 aromatic carbocycles. The molecule has 120 valence electrons. The van der Waals surface area contributed by atoms with Crippen molar-refractivity contribution in [3.63, 3.8) is 0 Å². The highest BCUT2D eigenvalue weighted by Crippen LogP contribution is 2.42. The summed E-state index contributed by atoms with van der Waals surface area (Å²) in [5.74, 6) is 1.06. The van der Waals surface area contributed by atoms with Gasteiger partial charge in [0.25, 0.3) is 0 Å². The molecule has 2 aliphatic carbocycles. The van der Waals surface area contributed by atoms with E-state index in [-0.39, 0.29) is 17.9 Å². The van der Waals surface area contributed by atoms with E-state index in [4.69, 9.17) is 23.2 Å². The van der Waals surface area contributed by atoms with E-state index in [1.54, 1.807) is 0 Å². The molecule has 0 saturated heterocycles. The van der Waals surface area contributed by atoms with Gasteiger partial charge < -0.3 is 10.4 Å². The van der Waals surface area contributed by atoms with Crippen LogP contribution in [-0.2, 0) is 11.3 Å². The third-order valence-corrected chi connectivity index (χ3v) is 5.53. The van der Waals surface area contributed by atoms with Crippen molar-refractivity contribution >= 4 is 29.1 Å². The summed E-state index contributed by atoms with van der Waals surface area (Å²) in [6.45, 7) is 0.327. The van der Waals surface area contributed by atoms with Crippen LogP contribution in [0, 0.1) is 17.8 Å². The number of carbonyl (C=O) groups is 1. The number of carbonyl (C=O) groups excluding carboxylic acids is 1. The SMILES string of the molecule is O=C(NCc1c(Cl)cncc1Cl)C1C[C@H]2CC(O)C[C@@H](C1)C2. The molecule has 4 atom stereocenters. The van der Waals surface area contributed by atoms with Crippen molar-refractivity contribution in [2.24, 2.45) is 17.8 Å². The molecule has 3 rings (SSSR count). The largest absolute Gasteiger partial charge is 0.393 e. The molecule has 2 bridgehead atoms. The van der Waals surface area contributed by atoms with Crippen LogP contribution in [-0.4, -0.2) is 22.1 Å². The summed E-state index contributed by atoms with van der Waals surface area (Å²) in [6, 6.07) is 0. The van der Waals surface area contributed by atoms with Gasteiger partial charge in [-0.3, -0.25) is 9.78 Å². The molecule has 2 N–H and O–H groups in total. The number of aliphatic hydroxyl groups excluding tert-OH is 1. The lowest BCUT2D eigenvalue weighted by Crippen LogP contribution is -2.40. The van der Waals surface area contributed by atoms with Crippen LogP contribution < -0.4 is 5.32 Å². The van der Waals surface area contributed by atoms with E-state index in [1.807, 2.05) is 0 Å². The van der Waals surface area contributed by atoms with Gasteiger partial charge in [-0.1, -0.05) is 23.2 Å². The maximum Gasteiger partial charge on any atom is 0.223 e. The molecular formula is C16H20Cl2N2O2. The number of nitrogens with one attached hydrogen (secondary N) is 1. The highest BCUT2D eigenvalue weighted by molar-refractivity contribution is 6.35. The Morgan fingerprint density at radius 1 is 1.14 bits per heavy atom. The summed E-state index contributed by atoms with van der Waals surface area (Å²) in [4.78, 5) is 16.3. The van der Waals surface area contributed by atoms with Crippen molar-refractivity contribution < 1.29 is 9.90 Å². The number of halogens is 2. The summed E-state index contributed by atoms with van der Waals surface area (Å²) >= 11 is 12.1. The fourth-order valence-electron chi connectivity index (χ4n) is 3.96. The minimum absolute atomic E-state index is 0.0376. The van der Waals surface area contributed by atoms with Gasteiger partial charge in [0, 0.05) is 30.4 Å². The van der Waals surface area contributed by atoms with Crippen molar-refractivity contribution in [1.82, 2.24) is 10.3 Å². The maximum atomic E-state index is 12.4. The zero-order chi connectivity index (χ0) is 15.7. The van der Waals surface area contributed by atoms with E-state index in [1.165, 1.54) is 12.4 Å². The van der Waals surface area contributed by atoms with E-state index in [2.05, 4.69) is 10.3 Å². The van der Waals surface area contributed by atoms with Gasteiger partial charge in [-0.25, -0.2) is 0 Å². The van der Waals surface area contributed by atoms with Gasteiger partial charge in [0.1, 0.15) is 0 Å². The van der Waals surface area contributed by atoms with E-state index >= 15 is 0 Å². The number of pyridine rings is 1. The van der Waals surface area contributed by atoms with Crippen LogP contribution >= 0.6 is 23.2 Å². The topological polar surface area (TPSA) is 62.2 Å². The Kier molecular flexibility index (Phi) is 4.91. The monoisotopic (exact) mass is 342 g/mol. The van der Waals surface area contributed by atoms with Gasteiger partial charge in [0.2, 0.25) is 5.91 Å². The smallest absolute Gasteiger partial charge is 0.223 e. The number of hydrogen-bond donors (Lipinski definition) is 2. The van der Waals surface area contributed by atoms with Crippen LogP contribution in [0.1, 0.15) is 37.7 Å². The Labute approximate surface area is 140 Å². The lowest BCUT2D eigenvalue weighted by atomic mass is 9.67. The average Bonchev–Trinajstić information content (AvgIpc) is 2.45. The van der Waals surface area contributed by atoms with Crippen molar-refractivity contribution in [3.8, 4) is 0 Å². The summed E-state index contributed by atoms with van der Waals surface area (Å²) in [5.41, 5.74) is 0.707. The second-order valence-corrected chi connectivity index (χ2v) is 7.38. The normalized spacial score (nSPS) is 30.9. The first kappa shape index (κ1) is 16.0. The molecule has 1 aromatic rings. The summed E-state index contributed by atoms with van der Waals surface area (Å²) in [6.07, 6.45) is 7.45. The second kappa shape index (κ2) is 6.73. The molecule has 0 spiro atoms. The Bertz CT molecular complexity index is 529. The minimum atomic E-state index is -0.179. The van der Waals surface area contributed by atoms with E-state index in [0.29, 0.717) is 34.0 Å². The van der Waals surface area contributed by atoms with Crippen LogP contribution in [0.4, 0.5) is 0 Å². The zero-order valence-corrected chi connectivity index (χ0v) is 13.8. The zero-order valence-electron chi connectivity index (χ0n) is 12.3. The van der Waals surface area contributed by atoms with Crippen LogP contribution in [0.25, 0.3) is 0 Å². The first-order valence-corrected chi connectivity index (χ1v) is 8.52. The molecule has 0 aliphatic heterocycles. The standard InChI is InChI=1S/C16H20Cl2N2O2/c17-14-7-19-8-15(18)13(14)6-20-16(22)11-2-9-1-10(3-11)5-12(21)4-9/h7-12,21H,1-6H2,(H,20,22)/t9-,10+,11?,12?. The average molecular weight is 343 g/mol. The predicted molar refractivity (Wildman–Crippen MR) is 85.7 cm³/mol. The fraction of sp³-hybridized carbons (Fsp3) is 0.625. The van der Waals surface area contributed by atoms with E-state index < -0.39 is 0 Å². The molecule has 2 saturated carbocycles. The molecule has 1 aromatic heterocycles. The number of rotatable bonds is 3. The predicted octanol–water partition coefficient (Wildman–Crippen LogP) is 3.19. The Hall–Kier alpha value is -0.840. The maximum absolute atomic E-state index is 12.4. The third kappa shape index (κ3) is 3.55. The Balaban J connectivity index is 1.59. The number of fused-ring (bicyclic) bond motifs is 2. The fourth-order valence-corrected chi connectivity index (χ4v) is 4.45. The molecule has 6 heteroatoms. The second-order valence-electron chi connectivity index (χ2n) is 6.56. The molecule has 1 amide bonds. The number of nitrogens with zero attached hydrogens (tertiary/aromatic N) is 1. The van der Waals surface area contributed by atoms with Crippen molar-refractivity contribution in [1.29, 1.82) is 0 Å². The quantitative estimate of drug-likeness (QED) is 0.886.